The number of benzene rings is 9. The summed E-state index contributed by atoms with van der Waals surface area (Å²) in [5.74, 6) is -2.93. The number of aromatic nitrogens is 18. The minimum Gasteiger partial charge on any atom is -0.334 e. The van der Waals surface area contributed by atoms with Crippen LogP contribution in [-0.2, 0) is 40.8 Å². The Labute approximate surface area is 788 Å². The first-order chi connectivity index (χ1) is 63.7. The predicted octanol–water partition coefficient (Wildman–Crippen LogP) is 30.1. The van der Waals surface area contributed by atoms with Gasteiger partial charge in [-0.1, -0.05) is 143 Å². The van der Waals surface area contributed by atoms with E-state index in [2.05, 4.69) is 185 Å². The van der Waals surface area contributed by atoms with Gasteiger partial charge in [-0.15, -0.1) is 0 Å². The second kappa shape index (κ2) is 45.3. The highest BCUT2D eigenvalue weighted by Crippen LogP contribution is 2.35. The molecular formula is C108H135F9N18. The van der Waals surface area contributed by atoms with Crippen LogP contribution in [0.4, 0.5) is 39.5 Å². The minimum absolute atomic E-state index is 0.0501. The first-order valence-corrected chi connectivity index (χ1v) is 46.9. The van der Waals surface area contributed by atoms with Gasteiger partial charge in [0, 0.05) is 77.1 Å². The van der Waals surface area contributed by atoms with Crippen molar-refractivity contribution in [3.8, 4) is 0 Å². The Morgan fingerprint density at radius 3 is 0.904 bits per heavy atom. The molecule has 0 unspecified atom stereocenters. The summed E-state index contributed by atoms with van der Waals surface area (Å²) in [6.45, 7) is 56.8. The molecule has 9 heterocycles. The van der Waals surface area contributed by atoms with Crippen LogP contribution in [0.3, 0.4) is 0 Å². The summed E-state index contributed by atoms with van der Waals surface area (Å²) in [6, 6.07) is 35.6. The van der Waals surface area contributed by atoms with Crippen molar-refractivity contribution in [2.75, 3.05) is 0 Å². The number of nitrogens with zero attached hydrogens (tertiary/aromatic N) is 18. The zero-order chi connectivity index (χ0) is 99.5. The van der Waals surface area contributed by atoms with Crippen LogP contribution in [-0.4, -0.2) is 86.0 Å². The number of halogens is 9. The molecule has 0 atom stereocenters. The maximum atomic E-state index is 14.0. The van der Waals surface area contributed by atoms with E-state index in [1.807, 2.05) is 180 Å². The Bertz CT molecular complexity index is 7050. The van der Waals surface area contributed by atoms with Gasteiger partial charge in [0.25, 0.3) is 0 Å². The highest BCUT2D eigenvalue weighted by Gasteiger charge is 2.24. The largest absolute Gasteiger partial charge is 0.334 e. The van der Waals surface area contributed by atoms with Gasteiger partial charge in [-0.05, 0) is 238 Å². The molecule has 0 N–H and O–H groups in total. The van der Waals surface area contributed by atoms with Crippen molar-refractivity contribution >= 4 is 99.3 Å². The molecule has 0 spiro atoms. The molecule has 0 aliphatic rings. The van der Waals surface area contributed by atoms with Gasteiger partial charge >= 0.3 is 0 Å². The van der Waals surface area contributed by atoms with Crippen LogP contribution in [0.15, 0.2) is 166 Å². The molecule has 27 heteroatoms. The monoisotopic (exact) mass is 1860 g/mol. The molecule has 0 aliphatic carbocycles. The van der Waals surface area contributed by atoms with Crippen LogP contribution in [0.25, 0.3) is 99.3 Å². The van der Waals surface area contributed by atoms with Crippen molar-refractivity contribution in [2.24, 2.45) is 21.1 Å². The van der Waals surface area contributed by atoms with E-state index in [-0.39, 0.29) is 75.6 Å². The molecule has 135 heavy (non-hydrogen) atoms. The third-order valence-electron chi connectivity index (χ3n) is 24.2. The normalized spacial score (nSPS) is 11.7. The van der Waals surface area contributed by atoms with Gasteiger partial charge in [0.05, 0.1) is 140 Å². The molecule has 0 saturated heterocycles. The van der Waals surface area contributed by atoms with Crippen molar-refractivity contribution in [3.05, 3.63) is 269 Å². The lowest BCUT2D eigenvalue weighted by molar-refractivity contribution is 0.493. The number of hydrogen-bond donors (Lipinski definition) is 0. The number of imidazole rings is 9. The number of rotatable bonds is 15. The lowest BCUT2D eigenvalue weighted by atomic mass is 10.0. The summed E-state index contributed by atoms with van der Waals surface area (Å²) in [7, 11) is 5.53. The number of fused-ring (bicyclic) bond motifs is 9. The fraction of sp³-hybridized carbons (Fsp3) is 0.417. The minimum atomic E-state index is -0.809. The van der Waals surface area contributed by atoms with E-state index < -0.39 is 34.9 Å². The molecule has 0 bridgehead atoms. The number of aryl methyl sites for hydroxylation is 6. The van der Waals surface area contributed by atoms with Gasteiger partial charge in [-0.3, -0.25) is 0 Å². The molecule has 720 valence electrons. The second-order valence-electron chi connectivity index (χ2n) is 38.0. The first-order valence-electron chi connectivity index (χ1n) is 46.9. The van der Waals surface area contributed by atoms with Crippen LogP contribution in [0.2, 0.25) is 0 Å². The highest BCUT2D eigenvalue weighted by atomic mass is 19.2. The summed E-state index contributed by atoms with van der Waals surface area (Å²) in [6.07, 6.45) is 15.5. The standard InChI is InChI=1S/C13H16F2N2.C13H17FN2.C13H18N2.C12H14F2N2.C12H15FN2.C12H16N2.C11H12F2N2.C11H13FN2.C11H14N2/c1-7(2)9-5-10-13(12(15)11(9)14)17(6-16-10)8(3)4;1-8(2)10-5-12-13(6-11(10)14)16(7-15-12)9(3)4;1-9(2)11-5-6-13-12(7-11)14-8-15(13)10(3)4;1-4-16-6-15-9-5-8(7(2)3)10(13)11(14)12(9)16;1-4-15-7-14-11-5-9(8(2)3)10(13)6-12(11)15;1-4-14-8-13-11-7-10(9(2)3)5-6-12(11)14;1-6(2)7-4-8-11(10(13)9(7)12)15(3)5-14-8;1-7(2)8-4-10-11(5-9(8)12)14(3)6-13-10;1-8(2)9-4-5-11-10(6-9)12-7-13(11)3/h5-8H,1-4H3;5-9H,1-4H3;5-10H,1-4H3;5-7H,4H2,1-3H3;5-8H,4H2,1-3H3;5-9H,4H2,1-3H3;4-6H,1-3H3;4-7H,1-3H3;4-8H,1-3H3. The van der Waals surface area contributed by atoms with E-state index in [9.17, 15) is 39.5 Å². The third-order valence-corrected chi connectivity index (χ3v) is 24.2. The lowest BCUT2D eigenvalue weighted by Gasteiger charge is -2.12. The molecule has 18 rings (SSSR count). The summed E-state index contributed by atoms with van der Waals surface area (Å²) < 4.78 is 141. The Hall–Kier alpha value is -12.4. The fourth-order valence-electron chi connectivity index (χ4n) is 15.8. The van der Waals surface area contributed by atoms with Gasteiger partial charge < -0.3 is 41.1 Å². The smallest absolute Gasteiger partial charge is 0.184 e. The van der Waals surface area contributed by atoms with Crippen molar-refractivity contribution in [1.82, 2.24) is 86.0 Å². The summed E-state index contributed by atoms with van der Waals surface area (Å²) >= 11 is 0. The van der Waals surface area contributed by atoms with E-state index >= 15 is 0 Å². The van der Waals surface area contributed by atoms with Crippen molar-refractivity contribution in [1.29, 1.82) is 0 Å². The van der Waals surface area contributed by atoms with Crippen molar-refractivity contribution in [3.63, 3.8) is 0 Å². The topological polar surface area (TPSA) is 160 Å². The zero-order valence-corrected chi connectivity index (χ0v) is 84.1. The maximum Gasteiger partial charge on any atom is 0.184 e. The van der Waals surface area contributed by atoms with Crippen LogP contribution < -0.4 is 0 Å². The first kappa shape index (κ1) is 105. The van der Waals surface area contributed by atoms with Gasteiger partial charge in [0.2, 0.25) is 0 Å². The average Bonchev–Trinajstić information content (AvgIpc) is 1.65. The average molecular weight is 1860 g/mol. The highest BCUT2D eigenvalue weighted by molar-refractivity contribution is 5.83. The van der Waals surface area contributed by atoms with Crippen molar-refractivity contribution in [2.45, 2.75) is 278 Å². The van der Waals surface area contributed by atoms with E-state index in [4.69, 9.17) is 0 Å². The fourth-order valence-corrected chi connectivity index (χ4v) is 15.8. The molecule has 0 amide bonds. The van der Waals surface area contributed by atoms with E-state index in [1.54, 1.807) is 77.9 Å². The van der Waals surface area contributed by atoms with E-state index in [1.165, 1.54) is 50.5 Å². The molecule has 18 aromatic rings. The van der Waals surface area contributed by atoms with Crippen LogP contribution >= 0.6 is 0 Å². The zero-order valence-electron chi connectivity index (χ0n) is 84.1. The van der Waals surface area contributed by atoms with Gasteiger partial charge in [-0.25, -0.2) is 84.4 Å². The molecule has 9 aromatic heterocycles. The van der Waals surface area contributed by atoms with Crippen LogP contribution in [0, 0.1) is 52.4 Å². The lowest BCUT2D eigenvalue weighted by Crippen LogP contribution is -2.03. The molecule has 0 saturated carbocycles. The van der Waals surface area contributed by atoms with E-state index in [0.717, 1.165) is 79.4 Å². The SMILES string of the molecule is CC(C)c1cc2ncn(C(C)C)c2c(F)c1F.CC(C)c1cc2ncn(C(C)C)c2cc1F.CC(C)c1cc2ncn(C)c2c(F)c1F.CC(C)c1cc2ncn(C)c2cc1F.CC(C)c1ccc2c(c1)ncn2C.CC(C)c1ccc2c(c1)ncn2C(C)C.CCn1cnc2cc(C(C)C)c(F)c(F)c21.CCn1cnc2cc(C(C)C)c(F)cc21.CCn1cnc2cc(C(C)C)ccc21. The second-order valence-corrected chi connectivity index (χ2v) is 38.0. The van der Waals surface area contributed by atoms with Crippen molar-refractivity contribution < 1.29 is 39.5 Å². The van der Waals surface area contributed by atoms with Gasteiger partial charge in [0.15, 0.2) is 34.9 Å². The third kappa shape index (κ3) is 23.9. The molecular weight excluding hydrogens is 1720 g/mol. The quantitative estimate of drug-likeness (QED) is 0.0910. The van der Waals surface area contributed by atoms with Crippen LogP contribution in [0.5, 0.6) is 0 Å². The predicted molar refractivity (Wildman–Crippen MR) is 535 cm³/mol. The molecule has 18 nitrogen and oxygen atoms in total. The Morgan fingerprint density at radius 1 is 0.215 bits per heavy atom. The molecule has 0 radical (unpaired) electrons. The Morgan fingerprint density at radius 2 is 0.481 bits per heavy atom. The summed E-state index contributed by atoms with van der Waals surface area (Å²) in [5, 5.41) is 0. The number of hydrogen-bond acceptors (Lipinski definition) is 9. The maximum absolute atomic E-state index is 14.0. The van der Waals surface area contributed by atoms with E-state index in [0.29, 0.717) is 69.6 Å². The Kier molecular flexibility index (Phi) is 35.1. The molecule has 9 aromatic carbocycles. The molecule has 0 aliphatic heterocycles. The summed E-state index contributed by atoms with van der Waals surface area (Å²) in [4.78, 5) is 38.2. The van der Waals surface area contributed by atoms with Crippen LogP contribution in [0.1, 0.15) is 308 Å². The molecule has 0 fully saturated rings. The van der Waals surface area contributed by atoms with Gasteiger partial charge in [0.1, 0.15) is 34.0 Å². The summed E-state index contributed by atoms with van der Waals surface area (Å²) in [5.41, 5.74) is 21.8. The Balaban J connectivity index is 0.000000157. The van der Waals surface area contributed by atoms with Gasteiger partial charge in [-0.2, -0.15) is 0 Å².